The van der Waals surface area contributed by atoms with E-state index in [0.29, 0.717) is 6.04 Å². The molecule has 0 bridgehead atoms. The average Bonchev–Trinajstić information content (AvgIpc) is 2.52. The second kappa shape index (κ2) is 5.84. The number of ketones is 1. The van der Waals surface area contributed by atoms with Gasteiger partial charge in [0.05, 0.1) is 0 Å². The molecule has 0 N–H and O–H groups in total. The lowest BCUT2D eigenvalue weighted by Gasteiger charge is -2.41. The van der Waals surface area contributed by atoms with Crippen molar-refractivity contribution < 1.29 is 4.79 Å². The molecule has 0 amide bonds. The summed E-state index contributed by atoms with van der Waals surface area (Å²) in [6, 6.07) is 5.08. The average molecular weight is 307 g/mol. The van der Waals surface area contributed by atoms with Crippen molar-refractivity contribution in [3.63, 3.8) is 0 Å². The second-order valence-electron chi connectivity index (χ2n) is 6.62. The van der Waals surface area contributed by atoms with E-state index in [1.54, 1.807) is 6.92 Å². The number of carbonyl (C=O) groups is 1. The predicted octanol–water partition coefficient (Wildman–Crippen LogP) is 4.58. The number of nitrogens with zero attached hydrogens (tertiary/aromatic N) is 1. The van der Waals surface area contributed by atoms with Crippen LogP contribution in [0.3, 0.4) is 0 Å². The maximum atomic E-state index is 11.9. The Balaban J connectivity index is 2.17. The number of aryl methyl sites for hydroxylation is 2. The molecular weight excluding hydrogens is 282 g/mol. The smallest absolute Gasteiger partial charge is 0.161 e. The molecule has 1 unspecified atom stereocenters. The molecule has 1 aromatic rings. The number of carbonyl (C=O) groups excluding carboxylic acids is 1. The van der Waals surface area contributed by atoms with Crippen molar-refractivity contribution in [1.29, 1.82) is 0 Å². The van der Waals surface area contributed by atoms with Gasteiger partial charge in [-0.25, -0.2) is 0 Å². The predicted molar refractivity (Wildman–Crippen MR) is 96.1 cm³/mol. The minimum atomic E-state index is 0.0871. The molecule has 1 atom stereocenters. The van der Waals surface area contributed by atoms with Crippen molar-refractivity contribution >= 4 is 11.5 Å². The zero-order valence-electron chi connectivity index (χ0n) is 14.6. The molecule has 2 heteroatoms. The van der Waals surface area contributed by atoms with Crippen LogP contribution in [0.15, 0.2) is 42.1 Å². The van der Waals surface area contributed by atoms with Crippen molar-refractivity contribution in [2.75, 3.05) is 0 Å². The Morgan fingerprint density at radius 2 is 2.09 bits per heavy atom. The highest BCUT2D eigenvalue weighted by Gasteiger charge is 2.31. The van der Waals surface area contributed by atoms with E-state index in [9.17, 15) is 4.79 Å². The van der Waals surface area contributed by atoms with Crippen LogP contribution >= 0.6 is 0 Å². The zero-order valence-corrected chi connectivity index (χ0v) is 14.6. The largest absolute Gasteiger partial charge is 0.343 e. The van der Waals surface area contributed by atoms with Crippen molar-refractivity contribution in [1.82, 2.24) is 4.90 Å². The molecule has 0 fully saturated rings. The van der Waals surface area contributed by atoms with E-state index in [2.05, 4.69) is 50.5 Å². The van der Waals surface area contributed by atoms with Gasteiger partial charge in [-0.1, -0.05) is 26.5 Å². The van der Waals surface area contributed by atoms with E-state index in [4.69, 9.17) is 0 Å². The van der Waals surface area contributed by atoms with Crippen LogP contribution in [0.1, 0.15) is 49.4 Å². The number of hydrogen-bond acceptors (Lipinski definition) is 2. The minimum absolute atomic E-state index is 0.0871. The molecular formula is C21H25NO. The zero-order chi connectivity index (χ0) is 16.7. The number of benzene rings is 1. The van der Waals surface area contributed by atoms with Crippen LogP contribution in [0.2, 0.25) is 0 Å². The number of fused-ring (bicyclic) bond motifs is 3. The van der Waals surface area contributed by atoms with Crippen LogP contribution in [0.25, 0.3) is 5.70 Å². The van der Waals surface area contributed by atoms with E-state index in [1.807, 2.05) is 6.20 Å². The molecule has 2 aliphatic rings. The van der Waals surface area contributed by atoms with Crippen molar-refractivity contribution in [3.05, 3.63) is 64.4 Å². The number of rotatable bonds is 3. The second-order valence-corrected chi connectivity index (χ2v) is 6.62. The van der Waals surface area contributed by atoms with Crippen LogP contribution in [-0.4, -0.2) is 16.7 Å². The first-order valence-corrected chi connectivity index (χ1v) is 8.51. The Morgan fingerprint density at radius 1 is 1.35 bits per heavy atom. The van der Waals surface area contributed by atoms with E-state index < -0.39 is 0 Å². The van der Waals surface area contributed by atoms with Crippen LogP contribution in [-0.2, 0) is 17.6 Å². The third kappa shape index (κ3) is 2.56. The Morgan fingerprint density at radius 3 is 2.70 bits per heavy atom. The van der Waals surface area contributed by atoms with E-state index in [0.717, 1.165) is 30.4 Å². The van der Waals surface area contributed by atoms with Gasteiger partial charge in [0.25, 0.3) is 0 Å². The number of Topliss-reactive ketones (excluding diaryl/α,β-unsaturated/α-hetero) is 1. The molecule has 120 valence electrons. The van der Waals surface area contributed by atoms with Crippen molar-refractivity contribution in [2.45, 2.75) is 53.0 Å². The molecule has 0 spiro atoms. The Hall–Kier alpha value is -2.09. The van der Waals surface area contributed by atoms with Gasteiger partial charge in [0.2, 0.25) is 0 Å². The molecule has 2 heterocycles. The third-order valence-corrected chi connectivity index (χ3v) is 5.12. The van der Waals surface area contributed by atoms with Crippen molar-refractivity contribution in [2.24, 2.45) is 0 Å². The maximum absolute atomic E-state index is 11.9. The summed E-state index contributed by atoms with van der Waals surface area (Å²) < 4.78 is 0. The molecule has 23 heavy (non-hydrogen) atoms. The van der Waals surface area contributed by atoms with Gasteiger partial charge in [0, 0.05) is 29.1 Å². The summed E-state index contributed by atoms with van der Waals surface area (Å²) in [5.74, 6) is 0.0871. The first-order chi connectivity index (χ1) is 11.0. The highest BCUT2D eigenvalue weighted by Crippen LogP contribution is 2.39. The Labute approximate surface area is 139 Å². The third-order valence-electron chi connectivity index (χ3n) is 5.12. The Kier molecular flexibility index (Phi) is 4.01. The van der Waals surface area contributed by atoms with Gasteiger partial charge in [-0.05, 0) is 67.5 Å². The lowest BCUT2D eigenvalue weighted by molar-refractivity contribution is -0.113. The first kappa shape index (κ1) is 15.8. The molecule has 0 saturated carbocycles. The van der Waals surface area contributed by atoms with Gasteiger partial charge in [-0.2, -0.15) is 0 Å². The summed E-state index contributed by atoms with van der Waals surface area (Å²) in [5.41, 5.74) is 8.25. The maximum Gasteiger partial charge on any atom is 0.161 e. The van der Waals surface area contributed by atoms with Gasteiger partial charge in [-0.3, -0.25) is 4.79 Å². The van der Waals surface area contributed by atoms with Crippen molar-refractivity contribution in [3.8, 4) is 0 Å². The topological polar surface area (TPSA) is 20.3 Å². The van der Waals surface area contributed by atoms with Gasteiger partial charge >= 0.3 is 0 Å². The molecule has 0 aliphatic carbocycles. The summed E-state index contributed by atoms with van der Waals surface area (Å²) in [4.78, 5) is 14.2. The number of allylic oxidation sites excluding steroid dienone is 3. The molecule has 0 aromatic heterocycles. The number of hydrogen-bond donors (Lipinski definition) is 0. The minimum Gasteiger partial charge on any atom is -0.343 e. The fourth-order valence-electron chi connectivity index (χ4n) is 3.74. The SMILES string of the molecule is C=C1C=C2c3cc(CC)c(C)cc3CC(CC)N2C=C1C(C)=O. The standard InChI is InChI=1S/C21H25NO/c1-6-16-11-19-17(8-13(16)3)10-18(7-2)22-12-20(15(5)23)14(4)9-21(19)22/h8-9,11-12,18H,4,6-7,10H2,1-3,5H3. The van der Waals surface area contributed by atoms with Crippen LogP contribution in [0.4, 0.5) is 0 Å². The van der Waals surface area contributed by atoms with Gasteiger partial charge < -0.3 is 4.90 Å². The molecule has 0 saturated heterocycles. The molecule has 2 aliphatic heterocycles. The lowest BCUT2D eigenvalue weighted by Crippen LogP contribution is -2.37. The molecule has 0 radical (unpaired) electrons. The fraction of sp³-hybridized carbons (Fsp3) is 0.381. The summed E-state index contributed by atoms with van der Waals surface area (Å²) in [5, 5.41) is 0. The van der Waals surface area contributed by atoms with E-state index in [-0.39, 0.29) is 5.78 Å². The van der Waals surface area contributed by atoms with Gasteiger partial charge in [0.15, 0.2) is 5.78 Å². The van der Waals surface area contributed by atoms with E-state index >= 15 is 0 Å². The van der Waals surface area contributed by atoms with Crippen LogP contribution < -0.4 is 0 Å². The summed E-state index contributed by atoms with van der Waals surface area (Å²) in [6.45, 7) is 12.3. The quantitative estimate of drug-likeness (QED) is 0.815. The van der Waals surface area contributed by atoms with Crippen LogP contribution in [0.5, 0.6) is 0 Å². The summed E-state index contributed by atoms with van der Waals surface area (Å²) in [6.07, 6.45) is 7.23. The highest BCUT2D eigenvalue weighted by molar-refractivity contribution is 6.00. The van der Waals surface area contributed by atoms with Crippen LogP contribution in [0, 0.1) is 6.92 Å². The summed E-state index contributed by atoms with van der Waals surface area (Å²) >= 11 is 0. The first-order valence-electron chi connectivity index (χ1n) is 8.51. The highest BCUT2D eigenvalue weighted by atomic mass is 16.1. The lowest BCUT2D eigenvalue weighted by atomic mass is 9.84. The molecule has 3 rings (SSSR count). The molecule has 2 nitrogen and oxygen atoms in total. The monoisotopic (exact) mass is 307 g/mol. The van der Waals surface area contributed by atoms with Gasteiger partial charge in [-0.15, -0.1) is 0 Å². The normalized spacial score (nSPS) is 19.7. The summed E-state index contributed by atoms with van der Waals surface area (Å²) in [7, 11) is 0. The van der Waals surface area contributed by atoms with E-state index in [1.165, 1.54) is 28.0 Å². The molecule has 1 aromatic carbocycles. The fourth-order valence-corrected chi connectivity index (χ4v) is 3.74. The van der Waals surface area contributed by atoms with Gasteiger partial charge in [0.1, 0.15) is 0 Å². The Bertz CT molecular complexity index is 751.